The fourth-order valence-electron chi connectivity index (χ4n) is 4.32. The predicted molar refractivity (Wildman–Crippen MR) is 138 cm³/mol. The fourth-order valence-corrected chi connectivity index (χ4v) is 4.32. The van der Waals surface area contributed by atoms with E-state index >= 15 is 0 Å². The number of guanidine groups is 1. The second-order valence-electron chi connectivity index (χ2n) is 8.91. The molecule has 0 saturated carbocycles. The van der Waals surface area contributed by atoms with Crippen LogP contribution in [0.15, 0.2) is 57.9 Å². The van der Waals surface area contributed by atoms with Crippen LogP contribution in [0.1, 0.15) is 30.6 Å². The third-order valence-electron chi connectivity index (χ3n) is 6.12. The molecule has 1 aliphatic heterocycles. The molecule has 0 bridgehead atoms. The molecule has 3 aromatic rings. The SMILES string of the molecule is Cc1cc2cc(NC(=N[C@H]3CCCCN(CC(=O)NCCc4ccccc4F)C3=O)NC#N)ccc2o1. The summed E-state index contributed by atoms with van der Waals surface area (Å²) < 4.78 is 19.4. The lowest BCUT2D eigenvalue weighted by molar-refractivity contribution is -0.136. The normalized spacial score (nSPS) is 16.2. The first-order valence-electron chi connectivity index (χ1n) is 12.2. The molecule has 2 heterocycles. The Bertz CT molecular complexity index is 1350. The van der Waals surface area contributed by atoms with E-state index in [1.165, 1.54) is 11.0 Å². The molecule has 10 heteroatoms. The van der Waals surface area contributed by atoms with Crippen molar-refractivity contribution in [3.63, 3.8) is 0 Å². The van der Waals surface area contributed by atoms with Gasteiger partial charge in [-0.05, 0) is 68.5 Å². The second-order valence-corrected chi connectivity index (χ2v) is 8.91. The molecule has 0 radical (unpaired) electrons. The van der Waals surface area contributed by atoms with E-state index in [0.717, 1.165) is 29.6 Å². The van der Waals surface area contributed by atoms with E-state index in [-0.39, 0.29) is 36.7 Å². The Morgan fingerprint density at radius 2 is 2.08 bits per heavy atom. The van der Waals surface area contributed by atoms with Crippen LogP contribution in [0.4, 0.5) is 10.1 Å². The van der Waals surface area contributed by atoms with Crippen molar-refractivity contribution in [2.45, 2.75) is 38.6 Å². The zero-order valence-corrected chi connectivity index (χ0v) is 20.6. The van der Waals surface area contributed by atoms with Crippen LogP contribution < -0.4 is 16.0 Å². The summed E-state index contributed by atoms with van der Waals surface area (Å²) in [7, 11) is 0. The van der Waals surface area contributed by atoms with Crippen molar-refractivity contribution < 1.29 is 18.4 Å². The lowest BCUT2D eigenvalue weighted by atomic mass is 10.1. The number of amides is 2. The second kappa shape index (κ2) is 12.0. The van der Waals surface area contributed by atoms with Gasteiger partial charge in [0.2, 0.25) is 17.8 Å². The Balaban J connectivity index is 1.39. The van der Waals surface area contributed by atoms with Crippen molar-refractivity contribution in [2.24, 2.45) is 4.99 Å². The van der Waals surface area contributed by atoms with Crippen molar-refractivity contribution in [3.05, 3.63) is 65.7 Å². The van der Waals surface area contributed by atoms with Gasteiger partial charge in [-0.2, -0.15) is 5.26 Å². The molecule has 1 aromatic heterocycles. The van der Waals surface area contributed by atoms with Crippen LogP contribution in [0.5, 0.6) is 0 Å². The van der Waals surface area contributed by atoms with E-state index in [1.807, 2.05) is 31.3 Å². The van der Waals surface area contributed by atoms with E-state index in [1.54, 1.807) is 24.3 Å². The van der Waals surface area contributed by atoms with Gasteiger partial charge in [-0.1, -0.05) is 18.2 Å². The molecule has 3 N–H and O–H groups in total. The van der Waals surface area contributed by atoms with Gasteiger partial charge in [-0.25, -0.2) is 9.38 Å². The quantitative estimate of drug-likeness (QED) is 0.196. The van der Waals surface area contributed by atoms with E-state index in [4.69, 9.17) is 4.42 Å². The van der Waals surface area contributed by atoms with Crippen molar-refractivity contribution >= 4 is 34.4 Å². The molecule has 4 rings (SSSR count). The summed E-state index contributed by atoms with van der Waals surface area (Å²) >= 11 is 0. The van der Waals surface area contributed by atoms with Gasteiger partial charge in [0.1, 0.15) is 23.2 Å². The van der Waals surface area contributed by atoms with Crippen LogP contribution in [-0.2, 0) is 16.0 Å². The van der Waals surface area contributed by atoms with E-state index in [0.29, 0.717) is 30.6 Å². The minimum absolute atomic E-state index is 0.104. The molecule has 1 fully saturated rings. The fraction of sp³-hybridized carbons (Fsp3) is 0.333. The maximum absolute atomic E-state index is 13.8. The highest BCUT2D eigenvalue weighted by Gasteiger charge is 2.28. The summed E-state index contributed by atoms with van der Waals surface area (Å²) in [6.07, 6.45) is 4.21. The smallest absolute Gasteiger partial charge is 0.247 e. The standard InChI is InChI=1S/C27H29FN6O3/c1-18-14-20-15-21(9-10-24(20)37-18)32-27(31-17-29)33-23-8-4-5-13-34(26(23)36)16-25(35)30-12-11-19-6-2-3-7-22(19)28/h2-3,6-7,9-10,14-15,23H,4-5,8,11-13,16H2,1H3,(H,30,35)(H2,31,32,33)/t23-/m0/s1. The van der Waals surface area contributed by atoms with Gasteiger partial charge < -0.3 is 20.0 Å². The lowest BCUT2D eigenvalue weighted by Gasteiger charge is -2.22. The zero-order valence-electron chi connectivity index (χ0n) is 20.6. The van der Waals surface area contributed by atoms with Crippen LogP contribution in [0.2, 0.25) is 0 Å². The number of nitrogens with zero attached hydrogens (tertiary/aromatic N) is 3. The number of aliphatic imine (C=N–C) groups is 1. The maximum atomic E-state index is 13.8. The molecule has 1 aliphatic rings. The number of anilines is 1. The number of likely N-dealkylation sites (tertiary alicyclic amines) is 1. The van der Waals surface area contributed by atoms with Gasteiger partial charge in [0.25, 0.3) is 0 Å². The number of nitrogens with one attached hydrogen (secondary N) is 3. The number of aryl methyl sites for hydroxylation is 1. The summed E-state index contributed by atoms with van der Waals surface area (Å²) in [5.74, 6) is 0.0387. The molecule has 0 spiro atoms. The van der Waals surface area contributed by atoms with Crippen LogP contribution in [0.3, 0.4) is 0 Å². The van der Waals surface area contributed by atoms with Gasteiger partial charge in [-0.3, -0.25) is 14.9 Å². The van der Waals surface area contributed by atoms with E-state index in [9.17, 15) is 19.2 Å². The minimum atomic E-state index is -0.739. The van der Waals surface area contributed by atoms with Crippen LogP contribution in [0.25, 0.3) is 11.0 Å². The van der Waals surface area contributed by atoms with Gasteiger partial charge >= 0.3 is 0 Å². The summed E-state index contributed by atoms with van der Waals surface area (Å²) in [5, 5.41) is 18.5. The van der Waals surface area contributed by atoms with Crippen LogP contribution >= 0.6 is 0 Å². The van der Waals surface area contributed by atoms with E-state index in [2.05, 4.69) is 20.9 Å². The molecule has 0 aliphatic carbocycles. The summed E-state index contributed by atoms with van der Waals surface area (Å²) in [6.45, 7) is 2.47. The number of halogens is 1. The Labute approximate surface area is 214 Å². The first-order chi connectivity index (χ1) is 17.9. The number of rotatable bonds is 7. The number of carbonyl (C=O) groups excluding carboxylic acids is 2. The van der Waals surface area contributed by atoms with Gasteiger partial charge in [0, 0.05) is 24.2 Å². The molecule has 2 amide bonds. The number of furan rings is 1. The van der Waals surface area contributed by atoms with Crippen LogP contribution in [0, 0.1) is 24.2 Å². The Morgan fingerprint density at radius 3 is 2.89 bits per heavy atom. The molecule has 1 atom stereocenters. The average molecular weight is 505 g/mol. The molecule has 2 aromatic carbocycles. The number of carbonyl (C=O) groups is 2. The third-order valence-corrected chi connectivity index (χ3v) is 6.12. The number of nitriles is 1. The summed E-state index contributed by atoms with van der Waals surface area (Å²) in [4.78, 5) is 31.7. The molecule has 37 heavy (non-hydrogen) atoms. The monoisotopic (exact) mass is 504 g/mol. The molecule has 1 saturated heterocycles. The first kappa shape index (κ1) is 25.7. The highest BCUT2D eigenvalue weighted by atomic mass is 19.1. The minimum Gasteiger partial charge on any atom is -0.461 e. The van der Waals surface area contributed by atoms with Crippen molar-refractivity contribution in [1.29, 1.82) is 5.26 Å². The third kappa shape index (κ3) is 6.85. The summed E-state index contributed by atoms with van der Waals surface area (Å²) in [5.41, 5.74) is 1.95. The first-order valence-corrected chi connectivity index (χ1v) is 12.2. The Morgan fingerprint density at radius 1 is 1.24 bits per heavy atom. The van der Waals surface area contributed by atoms with Gasteiger partial charge in [0.15, 0.2) is 6.19 Å². The molecular weight excluding hydrogens is 475 g/mol. The van der Waals surface area contributed by atoms with E-state index < -0.39 is 6.04 Å². The maximum Gasteiger partial charge on any atom is 0.247 e. The highest BCUT2D eigenvalue weighted by Crippen LogP contribution is 2.23. The summed E-state index contributed by atoms with van der Waals surface area (Å²) in [6, 6.07) is 13.1. The highest BCUT2D eigenvalue weighted by molar-refractivity contribution is 5.98. The number of benzene rings is 2. The Hall–Kier alpha value is -4.39. The molecule has 9 nitrogen and oxygen atoms in total. The number of fused-ring (bicyclic) bond motifs is 1. The molecular formula is C27H29FN6O3. The molecule has 0 unspecified atom stereocenters. The van der Waals surface area contributed by atoms with Gasteiger partial charge in [-0.15, -0.1) is 0 Å². The van der Waals surface area contributed by atoms with Crippen LogP contribution in [-0.4, -0.2) is 48.3 Å². The zero-order chi connectivity index (χ0) is 26.2. The van der Waals surface area contributed by atoms with Crippen molar-refractivity contribution in [3.8, 4) is 6.19 Å². The molecule has 192 valence electrons. The topological polar surface area (TPSA) is 123 Å². The number of hydrogen-bond acceptors (Lipinski definition) is 5. The van der Waals surface area contributed by atoms with Crippen molar-refractivity contribution in [1.82, 2.24) is 15.5 Å². The number of hydrogen-bond donors (Lipinski definition) is 3. The van der Waals surface area contributed by atoms with Crippen molar-refractivity contribution in [2.75, 3.05) is 25.0 Å². The lowest BCUT2D eigenvalue weighted by Crippen LogP contribution is -2.45. The average Bonchev–Trinajstić information content (AvgIpc) is 3.16. The largest absolute Gasteiger partial charge is 0.461 e. The Kier molecular flexibility index (Phi) is 8.36. The predicted octanol–water partition coefficient (Wildman–Crippen LogP) is 3.46. The van der Waals surface area contributed by atoms with Gasteiger partial charge in [0.05, 0.1) is 6.54 Å².